The van der Waals surface area contributed by atoms with Crippen LogP contribution in [0.2, 0.25) is 0 Å². The first kappa shape index (κ1) is 27.9. The molecule has 2 N–H and O–H groups in total. The molecular weight excluding hydrogens is 517 g/mol. The van der Waals surface area contributed by atoms with Crippen LogP contribution < -0.4 is 10.2 Å². The van der Waals surface area contributed by atoms with Crippen molar-refractivity contribution < 1.29 is 9.50 Å². The van der Waals surface area contributed by atoms with Crippen LogP contribution in [0.4, 0.5) is 15.8 Å². The molecule has 1 aliphatic rings. The molecule has 3 heterocycles. The Labute approximate surface area is 239 Å². The number of rotatable bonds is 9. The van der Waals surface area contributed by atoms with E-state index in [0.717, 1.165) is 53.4 Å². The van der Waals surface area contributed by atoms with Crippen LogP contribution in [0.5, 0.6) is 0 Å². The second-order valence-electron chi connectivity index (χ2n) is 9.94. The Balaban J connectivity index is 1.24. The Bertz CT molecular complexity index is 1540. The average Bonchev–Trinajstić information content (AvgIpc) is 3.49. The fourth-order valence-electron chi connectivity index (χ4n) is 4.61. The van der Waals surface area contributed by atoms with E-state index in [1.165, 1.54) is 0 Å². The van der Waals surface area contributed by atoms with Crippen molar-refractivity contribution in [3.63, 3.8) is 0 Å². The number of nitrogens with zero attached hydrogens (tertiary/aromatic N) is 6. The Kier molecular flexibility index (Phi) is 8.95. The van der Waals surface area contributed by atoms with Crippen molar-refractivity contribution in [1.29, 1.82) is 0 Å². The molecule has 210 valence electrons. The SMILES string of the molecule is CC/C=C(/N=C\C=C(/C)c1cc(F)cc(N2CCC(O)CC2)c1)Nc1ccc(-n2cnc(-c3ccccn3)n2)cc1. The van der Waals surface area contributed by atoms with Gasteiger partial charge in [-0.15, -0.1) is 5.10 Å². The monoisotopic (exact) mass is 551 g/mol. The minimum Gasteiger partial charge on any atom is -0.393 e. The van der Waals surface area contributed by atoms with Crippen molar-refractivity contribution in [2.45, 2.75) is 39.2 Å². The third kappa shape index (κ3) is 7.32. The number of anilines is 2. The smallest absolute Gasteiger partial charge is 0.200 e. The predicted molar refractivity (Wildman–Crippen MR) is 163 cm³/mol. The molecule has 0 saturated carbocycles. The van der Waals surface area contributed by atoms with Crippen LogP contribution in [0.1, 0.15) is 38.7 Å². The summed E-state index contributed by atoms with van der Waals surface area (Å²) in [5, 5.41) is 17.7. The van der Waals surface area contributed by atoms with E-state index in [4.69, 9.17) is 0 Å². The summed E-state index contributed by atoms with van der Waals surface area (Å²) in [6.07, 6.45) is 11.0. The zero-order valence-electron chi connectivity index (χ0n) is 23.3. The first-order valence-electron chi connectivity index (χ1n) is 13.8. The molecule has 1 saturated heterocycles. The summed E-state index contributed by atoms with van der Waals surface area (Å²) in [6.45, 7) is 5.44. The maximum atomic E-state index is 14.5. The molecule has 4 aromatic rings. The highest BCUT2D eigenvalue weighted by atomic mass is 19.1. The van der Waals surface area contributed by atoms with Crippen LogP contribution >= 0.6 is 0 Å². The van der Waals surface area contributed by atoms with Crippen LogP contribution in [-0.2, 0) is 0 Å². The van der Waals surface area contributed by atoms with E-state index in [1.807, 2.05) is 67.6 Å². The molecule has 1 fully saturated rings. The van der Waals surface area contributed by atoms with E-state index >= 15 is 0 Å². The molecule has 2 aromatic carbocycles. The average molecular weight is 552 g/mol. The lowest BCUT2D eigenvalue weighted by Gasteiger charge is -2.31. The first-order valence-corrected chi connectivity index (χ1v) is 13.8. The zero-order chi connectivity index (χ0) is 28.6. The Hall–Kier alpha value is -4.63. The molecule has 9 heteroatoms. The highest BCUT2D eigenvalue weighted by Crippen LogP contribution is 2.26. The van der Waals surface area contributed by atoms with Crippen LogP contribution in [0.3, 0.4) is 0 Å². The van der Waals surface area contributed by atoms with Crippen LogP contribution in [0.15, 0.2) is 96.2 Å². The van der Waals surface area contributed by atoms with Crippen LogP contribution in [0, 0.1) is 5.82 Å². The summed E-state index contributed by atoms with van der Waals surface area (Å²) in [5.74, 6) is 1.01. The highest BCUT2D eigenvalue weighted by Gasteiger charge is 2.18. The lowest BCUT2D eigenvalue weighted by Crippen LogP contribution is -2.35. The Morgan fingerprint density at radius 1 is 1.07 bits per heavy atom. The van der Waals surface area contributed by atoms with E-state index in [0.29, 0.717) is 24.5 Å². The Morgan fingerprint density at radius 3 is 2.61 bits per heavy atom. The molecule has 0 amide bonds. The second-order valence-corrected chi connectivity index (χ2v) is 9.94. The zero-order valence-corrected chi connectivity index (χ0v) is 23.3. The van der Waals surface area contributed by atoms with Gasteiger partial charge in [0.2, 0.25) is 0 Å². The number of hydrogen-bond donors (Lipinski definition) is 2. The number of aliphatic hydroxyl groups is 1. The summed E-state index contributed by atoms with van der Waals surface area (Å²) < 4.78 is 16.2. The van der Waals surface area contributed by atoms with Gasteiger partial charge >= 0.3 is 0 Å². The van der Waals surface area contributed by atoms with Crippen molar-refractivity contribution in [3.05, 3.63) is 103 Å². The number of aliphatic hydroxyl groups excluding tert-OH is 1. The van der Waals surface area contributed by atoms with Gasteiger partial charge in [-0.3, -0.25) is 4.98 Å². The third-order valence-corrected chi connectivity index (χ3v) is 6.89. The van der Waals surface area contributed by atoms with E-state index in [2.05, 4.69) is 37.2 Å². The Morgan fingerprint density at radius 2 is 1.88 bits per heavy atom. The summed E-state index contributed by atoms with van der Waals surface area (Å²) >= 11 is 0. The van der Waals surface area contributed by atoms with Crippen molar-refractivity contribution >= 4 is 23.2 Å². The molecule has 41 heavy (non-hydrogen) atoms. The molecule has 1 aliphatic heterocycles. The molecule has 0 radical (unpaired) electrons. The molecule has 5 rings (SSSR count). The van der Waals surface area contributed by atoms with Gasteiger partial charge in [-0.1, -0.05) is 13.0 Å². The number of hydrogen-bond acceptors (Lipinski definition) is 7. The third-order valence-electron chi connectivity index (χ3n) is 6.89. The standard InChI is InChI=1S/C32H34FN7O/c1-3-6-31(35-16-12-23(2)24-19-25(33)21-28(20-24)39-17-13-29(41)14-18-39)37-26-8-10-27(11-9-26)40-22-36-32(38-40)30-7-4-5-15-34-30/h4-12,15-16,19-22,29,37,41H,3,13-14,17-18H2,1-2H3/b23-12+,31-6-,35-16-. The van der Waals surface area contributed by atoms with Crippen molar-refractivity contribution in [2.75, 3.05) is 23.3 Å². The predicted octanol–water partition coefficient (Wildman–Crippen LogP) is 6.27. The normalized spacial score (nSPS) is 15.1. The van der Waals surface area contributed by atoms with Crippen LogP contribution in [-0.4, -0.2) is 50.3 Å². The van der Waals surface area contributed by atoms with Gasteiger partial charge in [0.15, 0.2) is 5.82 Å². The van der Waals surface area contributed by atoms with Crippen molar-refractivity contribution in [1.82, 2.24) is 19.7 Å². The van der Waals surface area contributed by atoms with Crippen molar-refractivity contribution in [3.8, 4) is 17.2 Å². The lowest BCUT2D eigenvalue weighted by molar-refractivity contribution is 0.145. The highest BCUT2D eigenvalue weighted by molar-refractivity contribution is 5.85. The maximum Gasteiger partial charge on any atom is 0.200 e. The minimum absolute atomic E-state index is 0.270. The number of halogens is 1. The summed E-state index contributed by atoms with van der Waals surface area (Å²) in [6, 6.07) is 18.6. The van der Waals surface area contributed by atoms with E-state index < -0.39 is 0 Å². The van der Waals surface area contributed by atoms with Gasteiger partial charge in [0.1, 0.15) is 23.7 Å². The number of aliphatic imine (C=N–C) groups is 1. The molecule has 2 aromatic heterocycles. The summed E-state index contributed by atoms with van der Waals surface area (Å²) in [4.78, 5) is 15.4. The van der Waals surface area contributed by atoms with E-state index in [-0.39, 0.29) is 11.9 Å². The molecule has 0 bridgehead atoms. The van der Waals surface area contributed by atoms with E-state index in [1.54, 1.807) is 35.6 Å². The molecular formula is C32H34FN7O. The van der Waals surface area contributed by atoms with Gasteiger partial charge in [0, 0.05) is 36.9 Å². The molecule has 8 nitrogen and oxygen atoms in total. The molecule has 0 atom stereocenters. The number of allylic oxidation sites excluding steroid dienone is 3. The van der Waals surface area contributed by atoms with Gasteiger partial charge in [0.25, 0.3) is 0 Å². The summed E-state index contributed by atoms with van der Waals surface area (Å²) in [5.41, 5.74) is 5.04. The second kappa shape index (κ2) is 13.1. The largest absolute Gasteiger partial charge is 0.393 e. The summed E-state index contributed by atoms with van der Waals surface area (Å²) in [7, 11) is 0. The fraction of sp³-hybridized carbons (Fsp3) is 0.250. The number of pyridine rings is 1. The number of benzene rings is 2. The van der Waals surface area contributed by atoms with E-state index in [9.17, 15) is 9.50 Å². The van der Waals surface area contributed by atoms with Gasteiger partial charge in [-0.25, -0.2) is 19.0 Å². The van der Waals surface area contributed by atoms with Gasteiger partial charge < -0.3 is 15.3 Å². The van der Waals surface area contributed by atoms with Crippen LogP contribution in [0.25, 0.3) is 22.8 Å². The van der Waals surface area contributed by atoms with Crippen molar-refractivity contribution in [2.24, 2.45) is 4.99 Å². The fourth-order valence-corrected chi connectivity index (χ4v) is 4.61. The first-order chi connectivity index (χ1) is 20.0. The number of aromatic nitrogens is 4. The topological polar surface area (TPSA) is 91.5 Å². The van der Waals surface area contributed by atoms with Gasteiger partial charge in [0.05, 0.1) is 11.8 Å². The lowest BCUT2D eigenvalue weighted by atomic mass is 10.0. The quantitative estimate of drug-likeness (QED) is 0.238. The van der Waals surface area contributed by atoms with Gasteiger partial charge in [-0.05, 0) is 104 Å². The molecule has 0 unspecified atom stereocenters. The maximum absolute atomic E-state index is 14.5. The minimum atomic E-state index is -0.274. The molecule has 0 spiro atoms. The van der Waals surface area contributed by atoms with Gasteiger partial charge in [-0.2, -0.15) is 0 Å². The molecule has 0 aliphatic carbocycles. The number of nitrogens with one attached hydrogen (secondary N) is 1. The number of piperidine rings is 1.